The summed E-state index contributed by atoms with van der Waals surface area (Å²) in [5, 5.41) is 0. The molecule has 6 rings (SSSR count). The Labute approximate surface area is 172 Å². The van der Waals surface area contributed by atoms with Gasteiger partial charge in [-0.1, -0.05) is 38.5 Å². The normalized spacial score (nSPS) is 48.4. The van der Waals surface area contributed by atoms with E-state index < -0.39 is 0 Å². The van der Waals surface area contributed by atoms with E-state index in [1.165, 1.54) is 89.9 Å². The molecule has 0 aromatic carbocycles. The number of hydrogen-bond acceptors (Lipinski definition) is 2. The molecule has 5 atom stereocenters. The predicted molar refractivity (Wildman–Crippen MR) is 113 cm³/mol. The number of rotatable bonds is 4. The molecule has 0 heterocycles. The van der Waals surface area contributed by atoms with Crippen molar-refractivity contribution in [1.82, 2.24) is 0 Å². The number of fused-ring (bicyclic) bond motifs is 3. The van der Waals surface area contributed by atoms with Gasteiger partial charge in [0.25, 0.3) is 0 Å². The summed E-state index contributed by atoms with van der Waals surface area (Å²) in [6.07, 6.45) is 21.2. The van der Waals surface area contributed by atoms with Crippen molar-refractivity contribution in [3.05, 3.63) is 0 Å². The van der Waals surface area contributed by atoms with Crippen LogP contribution in [-0.4, -0.2) is 18.0 Å². The number of ether oxygens (including phenoxy) is 1. The lowest BCUT2D eigenvalue weighted by atomic mass is 9.60. The van der Waals surface area contributed by atoms with Crippen LogP contribution < -0.4 is 0 Å². The number of hydrogen-bond donors (Lipinski definition) is 0. The second-order valence-corrected chi connectivity index (χ2v) is 12.0. The largest absolute Gasteiger partial charge is 0.367 e. The van der Waals surface area contributed by atoms with E-state index in [9.17, 15) is 4.79 Å². The zero-order valence-corrected chi connectivity index (χ0v) is 18.2. The van der Waals surface area contributed by atoms with Gasteiger partial charge in [-0.15, -0.1) is 0 Å². The Bertz CT molecular complexity index is 569. The molecule has 0 aromatic heterocycles. The van der Waals surface area contributed by atoms with E-state index in [4.69, 9.17) is 4.74 Å². The average Bonchev–Trinajstić information content (AvgIpc) is 3.00. The summed E-state index contributed by atoms with van der Waals surface area (Å²) in [6, 6.07) is 0. The summed E-state index contributed by atoms with van der Waals surface area (Å²) in [7, 11) is 0. The van der Waals surface area contributed by atoms with Gasteiger partial charge in [0.2, 0.25) is 0 Å². The van der Waals surface area contributed by atoms with Gasteiger partial charge in [-0.2, -0.15) is 0 Å². The Morgan fingerprint density at radius 3 is 2.18 bits per heavy atom. The van der Waals surface area contributed by atoms with Gasteiger partial charge < -0.3 is 4.74 Å². The second-order valence-electron chi connectivity index (χ2n) is 12.0. The van der Waals surface area contributed by atoms with Gasteiger partial charge in [-0.05, 0) is 101 Å². The third-order valence-electron chi connectivity index (χ3n) is 9.71. The molecule has 0 aromatic rings. The van der Waals surface area contributed by atoms with Gasteiger partial charge in [-0.3, -0.25) is 4.79 Å². The van der Waals surface area contributed by atoms with E-state index >= 15 is 0 Å². The van der Waals surface area contributed by atoms with Crippen LogP contribution in [0.25, 0.3) is 0 Å². The minimum absolute atomic E-state index is 0.00970. The Hall–Kier alpha value is -0.370. The Balaban J connectivity index is 1.24. The highest BCUT2D eigenvalue weighted by atomic mass is 16.5. The molecule has 0 amide bonds. The molecule has 158 valence electrons. The van der Waals surface area contributed by atoms with E-state index in [1.807, 2.05) is 0 Å². The molecule has 28 heavy (non-hydrogen) atoms. The molecule has 2 heteroatoms. The Morgan fingerprint density at radius 2 is 1.39 bits per heavy atom. The van der Waals surface area contributed by atoms with Crippen molar-refractivity contribution in [1.29, 1.82) is 0 Å². The first kappa shape index (κ1) is 19.6. The van der Waals surface area contributed by atoms with Crippen LogP contribution >= 0.6 is 0 Å². The molecule has 6 aliphatic rings. The van der Waals surface area contributed by atoms with E-state index in [1.54, 1.807) is 0 Å². The fraction of sp³-hybridized carbons (Fsp3) is 0.962. The van der Waals surface area contributed by atoms with E-state index in [2.05, 4.69) is 6.92 Å². The molecule has 0 aliphatic heterocycles. The van der Waals surface area contributed by atoms with Crippen molar-refractivity contribution < 1.29 is 9.53 Å². The number of Topliss-reactive ketones (excluding diaryl/α,β-unsaturated/α-hetero) is 1. The van der Waals surface area contributed by atoms with Crippen LogP contribution in [-0.2, 0) is 9.53 Å². The lowest BCUT2D eigenvalue weighted by Gasteiger charge is -2.45. The van der Waals surface area contributed by atoms with Gasteiger partial charge in [-0.25, -0.2) is 0 Å². The maximum Gasteiger partial charge on any atom is 0.164 e. The standard InChI is InChI=1S/C26H42O2/c1-25(9-4-7-19-5-2-3-6-21(11-19)15-25)28-18-24(27)26-10-8-20-12-22(16-26)14-23(13-20)17-26/h19-23H,2-18H2,1H3/t19-,20?,21-,22?,23?,25+,26?/m0/s1. The average molecular weight is 387 g/mol. The van der Waals surface area contributed by atoms with Crippen LogP contribution in [0.4, 0.5) is 0 Å². The highest BCUT2D eigenvalue weighted by Gasteiger charge is 2.51. The van der Waals surface area contributed by atoms with Crippen molar-refractivity contribution in [3.63, 3.8) is 0 Å². The van der Waals surface area contributed by atoms with Gasteiger partial charge in [0.1, 0.15) is 6.61 Å². The molecular weight excluding hydrogens is 344 g/mol. The van der Waals surface area contributed by atoms with Crippen LogP contribution in [0.5, 0.6) is 0 Å². The summed E-state index contributed by atoms with van der Waals surface area (Å²) in [4.78, 5) is 13.5. The zero-order chi connectivity index (χ0) is 19.2. The monoisotopic (exact) mass is 386 g/mol. The van der Waals surface area contributed by atoms with Crippen molar-refractivity contribution in [2.45, 2.75) is 115 Å². The maximum absolute atomic E-state index is 13.5. The van der Waals surface area contributed by atoms with Gasteiger partial charge in [0.15, 0.2) is 5.78 Å². The lowest BCUT2D eigenvalue weighted by Crippen LogP contribution is -2.43. The fourth-order valence-electron chi connectivity index (χ4n) is 8.53. The SMILES string of the molecule is C[C@@]1(OCC(=O)C23CCC4CC(CC(C4)C2)C3)CCC[C@@H]2CCCC[C@@H](C2)C1. The molecule has 6 fully saturated rings. The van der Waals surface area contributed by atoms with Crippen LogP contribution in [0.15, 0.2) is 0 Å². The molecule has 2 unspecified atom stereocenters. The minimum Gasteiger partial charge on any atom is -0.367 e. The summed E-state index contributed by atoms with van der Waals surface area (Å²) < 4.78 is 6.58. The predicted octanol–water partition coefficient (Wildman–Crippen LogP) is 6.71. The summed E-state index contributed by atoms with van der Waals surface area (Å²) in [5.41, 5.74) is -0.0720. The quantitative estimate of drug-likeness (QED) is 0.537. The van der Waals surface area contributed by atoms with Gasteiger partial charge in [0.05, 0.1) is 5.60 Å². The number of carbonyl (C=O) groups is 1. The Kier molecular flexibility index (Phi) is 5.39. The molecule has 6 saturated carbocycles. The maximum atomic E-state index is 13.5. The molecular formula is C26H42O2. The summed E-state index contributed by atoms with van der Waals surface area (Å²) in [5.74, 6) is 4.87. The molecule has 0 spiro atoms. The first-order chi connectivity index (χ1) is 13.5. The Morgan fingerprint density at radius 1 is 0.750 bits per heavy atom. The lowest BCUT2D eigenvalue weighted by molar-refractivity contribution is -0.147. The first-order valence-corrected chi connectivity index (χ1v) is 12.7. The second kappa shape index (κ2) is 7.71. The third-order valence-corrected chi connectivity index (χ3v) is 9.71. The highest BCUT2D eigenvalue weighted by Crippen LogP contribution is 2.57. The minimum atomic E-state index is -0.0623. The zero-order valence-electron chi connectivity index (χ0n) is 18.2. The van der Waals surface area contributed by atoms with E-state index in [0.717, 1.165) is 42.4 Å². The van der Waals surface area contributed by atoms with Crippen molar-refractivity contribution >= 4 is 5.78 Å². The van der Waals surface area contributed by atoms with Crippen LogP contribution in [0, 0.1) is 35.0 Å². The van der Waals surface area contributed by atoms with Gasteiger partial charge >= 0.3 is 0 Å². The molecule has 0 N–H and O–H groups in total. The summed E-state index contributed by atoms with van der Waals surface area (Å²) >= 11 is 0. The van der Waals surface area contributed by atoms with Crippen molar-refractivity contribution in [2.75, 3.05) is 6.61 Å². The van der Waals surface area contributed by atoms with Crippen LogP contribution in [0.3, 0.4) is 0 Å². The fourth-order valence-corrected chi connectivity index (χ4v) is 8.53. The molecule has 0 radical (unpaired) electrons. The topological polar surface area (TPSA) is 26.3 Å². The number of ketones is 1. The molecule has 2 nitrogen and oxygen atoms in total. The molecule has 6 aliphatic carbocycles. The smallest absolute Gasteiger partial charge is 0.164 e. The molecule has 0 saturated heterocycles. The summed E-state index contributed by atoms with van der Waals surface area (Å²) in [6.45, 7) is 2.73. The number of carbonyl (C=O) groups excluding carboxylic acids is 1. The van der Waals surface area contributed by atoms with E-state index in [0.29, 0.717) is 12.4 Å². The third kappa shape index (κ3) is 3.96. The first-order valence-electron chi connectivity index (χ1n) is 12.7. The van der Waals surface area contributed by atoms with Crippen molar-refractivity contribution in [2.24, 2.45) is 35.0 Å². The molecule has 6 bridgehead atoms. The highest BCUT2D eigenvalue weighted by molar-refractivity contribution is 5.86. The van der Waals surface area contributed by atoms with Gasteiger partial charge in [0, 0.05) is 5.41 Å². The van der Waals surface area contributed by atoms with E-state index in [-0.39, 0.29) is 11.0 Å². The van der Waals surface area contributed by atoms with Crippen molar-refractivity contribution in [3.8, 4) is 0 Å². The van der Waals surface area contributed by atoms with Crippen LogP contribution in [0.2, 0.25) is 0 Å². The van der Waals surface area contributed by atoms with Crippen LogP contribution in [0.1, 0.15) is 110 Å².